The molecule has 0 saturated carbocycles. The summed E-state index contributed by atoms with van der Waals surface area (Å²) in [4.78, 5) is 28.2. The summed E-state index contributed by atoms with van der Waals surface area (Å²) in [6.07, 6.45) is 3.50. The molecule has 1 aromatic heterocycles. The number of hydrogen-bond donors (Lipinski definition) is 0. The molecule has 0 atom stereocenters. The predicted octanol–water partition coefficient (Wildman–Crippen LogP) is 0.545. The fraction of sp³-hybridized carbons (Fsp3) is 0.300. The first-order valence-electron chi connectivity index (χ1n) is 4.35. The monoisotopic (exact) mass is 190 g/mol. The van der Waals surface area contributed by atoms with E-state index in [0.29, 0.717) is 5.56 Å². The zero-order chi connectivity index (χ0) is 10.3. The lowest BCUT2D eigenvalue weighted by molar-refractivity contribution is -0.127. The third-order valence-electron chi connectivity index (χ3n) is 2.45. The molecule has 0 fully saturated rings. The minimum absolute atomic E-state index is 0.171. The van der Waals surface area contributed by atoms with Crippen molar-refractivity contribution >= 4 is 11.8 Å². The number of rotatable bonds is 0. The Kier molecular flexibility index (Phi) is 1.84. The van der Waals surface area contributed by atoms with Crippen molar-refractivity contribution in [3.8, 4) is 0 Å². The maximum absolute atomic E-state index is 11.7. The fourth-order valence-electron chi connectivity index (χ4n) is 1.62. The molecule has 72 valence electrons. The molecule has 0 spiro atoms. The number of aryl methyl sites for hydroxylation is 1. The van der Waals surface area contributed by atoms with Gasteiger partial charge in [0.25, 0.3) is 5.91 Å². The standard InChI is InChI=1S/C10H10N2O2/c1-6-4-11-5-7-3-8(13)12(2)10(14)9(6)7/h4-5H,3H2,1-2H3. The van der Waals surface area contributed by atoms with Crippen molar-refractivity contribution in [2.45, 2.75) is 13.3 Å². The van der Waals surface area contributed by atoms with Crippen LogP contribution in [0.25, 0.3) is 0 Å². The van der Waals surface area contributed by atoms with E-state index in [9.17, 15) is 9.59 Å². The lowest BCUT2D eigenvalue weighted by atomic mass is 9.98. The quantitative estimate of drug-likeness (QED) is 0.561. The minimum Gasteiger partial charge on any atom is -0.281 e. The van der Waals surface area contributed by atoms with Gasteiger partial charge < -0.3 is 0 Å². The molecule has 0 bridgehead atoms. The molecule has 1 aliphatic heterocycles. The first kappa shape index (κ1) is 8.87. The van der Waals surface area contributed by atoms with Crippen molar-refractivity contribution in [2.75, 3.05) is 7.05 Å². The van der Waals surface area contributed by atoms with Gasteiger partial charge in [-0.2, -0.15) is 0 Å². The van der Waals surface area contributed by atoms with Crippen LogP contribution in [-0.2, 0) is 11.2 Å². The third-order valence-corrected chi connectivity index (χ3v) is 2.45. The van der Waals surface area contributed by atoms with E-state index in [1.54, 1.807) is 12.4 Å². The van der Waals surface area contributed by atoms with Crippen LogP contribution in [0.15, 0.2) is 12.4 Å². The van der Waals surface area contributed by atoms with Gasteiger partial charge in [-0.3, -0.25) is 19.5 Å². The van der Waals surface area contributed by atoms with Gasteiger partial charge in [-0.05, 0) is 18.1 Å². The summed E-state index contributed by atoms with van der Waals surface area (Å²) in [5, 5.41) is 0. The third kappa shape index (κ3) is 1.11. The van der Waals surface area contributed by atoms with Gasteiger partial charge in [0.15, 0.2) is 0 Å². The van der Waals surface area contributed by atoms with Crippen LogP contribution in [0, 0.1) is 6.92 Å². The second-order valence-electron chi connectivity index (χ2n) is 3.43. The molecule has 0 aromatic carbocycles. The Labute approximate surface area is 81.6 Å². The molecule has 4 heteroatoms. The summed E-state index contributed by atoms with van der Waals surface area (Å²) in [5.41, 5.74) is 2.19. The Bertz CT molecular complexity index is 426. The average molecular weight is 190 g/mol. The van der Waals surface area contributed by atoms with Gasteiger partial charge in [-0.1, -0.05) is 0 Å². The molecule has 0 unspecified atom stereocenters. The van der Waals surface area contributed by atoms with Crippen molar-refractivity contribution in [3.63, 3.8) is 0 Å². The van der Waals surface area contributed by atoms with Crippen molar-refractivity contribution in [1.29, 1.82) is 0 Å². The Morgan fingerprint density at radius 3 is 2.79 bits per heavy atom. The first-order valence-corrected chi connectivity index (χ1v) is 4.35. The molecule has 2 heterocycles. The summed E-state index contributed by atoms with van der Waals surface area (Å²) in [6.45, 7) is 1.83. The molecule has 4 nitrogen and oxygen atoms in total. The fourth-order valence-corrected chi connectivity index (χ4v) is 1.62. The molecular weight excluding hydrogens is 180 g/mol. The highest BCUT2D eigenvalue weighted by Gasteiger charge is 2.29. The zero-order valence-electron chi connectivity index (χ0n) is 8.07. The number of imide groups is 1. The summed E-state index contributed by atoms with van der Waals surface area (Å²) in [5.74, 6) is -0.397. The normalized spacial score (nSPS) is 15.7. The van der Waals surface area contributed by atoms with Crippen molar-refractivity contribution in [1.82, 2.24) is 9.88 Å². The number of pyridine rings is 1. The number of hydrogen-bond acceptors (Lipinski definition) is 3. The van der Waals surface area contributed by atoms with E-state index in [1.165, 1.54) is 7.05 Å². The van der Waals surface area contributed by atoms with Gasteiger partial charge in [0.2, 0.25) is 5.91 Å². The van der Waals surface area contributed by atoms with Crippen molar-refractivity contribution < 1.29 is 9.59 Å². The molecule has 0 radical (unpaired) electrons. The van der Waals surface area contributed by atoms with Crippen molar-refractivity contribution in [3.05, 3.63) is 29.1 Å². The van der Waals surface area contributed by atoms with E-state index in [2.05, 4.69) is 4.98 Å². The largest absolute Gasteiger partial charge is 0.281 e. The summed E-state index contributed by atoms with van der Waals surface area (Å²) in [6, 6.07) is 0. The molecule has 1 aromatic rings. The van der Waals surface area contributed by atoms with Crippen LogP contribution >= 0.6 is 0 Å². The maximum Gasteiger partial charge on any atom is 0.260 e. The van der Waals surface area contributed by atoms with Crippen LogP contribution in [0.3, 0.4) is 0 Å². The van der Waals surface area contributed by atoms with Gasteiger partial charge >= 0.3 is 0 Å². The van der Waals surface area contributed by atoms with Gasteiger partial charge in [-0.25, -0.2) is 0 Å². The van der Waals surface area contributed by atoms with Gasteiger partial charge in [-0.15, -0.1) is 0 Å². The van der Waals surface area contributed by atoms with E-state index in [0.717, 1.165) is 16.0 Å². The molecule has 2 rings (SSSR count). The lowest BCUT2D eigenvalue weighted by Crippen LogP contribution is -2.39. The maximum atomic E-state index is 11.7. The molecule has 0 aliphatic carbocycles. The van der Waals surface area contributed by atoms with E-state index in [1.807, 2.05) is 6.92 Å². The van der Waals surface area contributed by atoms with E-state index < -0.39 is 0 Å². The van der Waals surface area contributed by atoms with E-state index in [4.69, 9.17) is 0 Å². The second kappa shape index (κ2) is 2.90. The van der Waals surface area contributed by atoms with Crippen LogP contribution in [0.2, 0.25) is 0 Å². The Balaban J connectivity index is 2.62. The lowest BCUT2D eigenvalue weighted by Gasteiger charge is -2.23. The number of aromatic nitrogens is 1. The predicted molar refractivity (Wildman–Crippen MR) is 49.8 cm³/mol. The number of carbonyl (C=O) groups is 2. The number of fused-ring (bicyclic) bond motifs is 1. The molecule has 0 N–H and O–H groups in total. The average Bonchev–Trinajstić information content (AvgIpc) is 2.14. The Hall–Kier alpha value is -1.71. The molecular formula is C10H10N2O2. The smallest absolute Gasteiger partial charge is 0.260 e. The summed E-state index contributed by atoms with van der Waals surface area (Å²) in [7, 11) is 1.51. The molecule has 0 saturated heterocycles. The van der Waals surface area contributed by atoms with Crippen molar-refractivity contribution in [2.24, 2.45) is 0 Å². The summed E-state index contributed by atoms with van der Waals surface area (Å²) >= 11 is 0. The second-order valence-corrected chi connectivity index (χ2v) is 3.43. The van der Waals surface area contributed by atoms with Gasteiger partial charge in [0, 0.05) is 25.0 Å². The van der Waals surface area contributed by atoms with Gasteiger partial charge in [0.1, 0.15) is 0 Å². The van der Waals surface area contributed by atoms with Gasteiger partial charge in [0.05, 0.1) is 6.42 Å². The Morgan fingerprint density at radius 2 is 2.07 bits per heavy atom. The van der Waals surface area contributed by atoms with Crippen LogP contribution in [0.1, 0.15) is 21.5 Å². The topological polar surface area (TPSA) is 50.3 Å². The zero-order valence-corrected chi connectivity index (χ0v) is 8.07. The molecule has 1 aliphatic rings. The first-order chi connectivity index (χ1) is 6.61. The molecule has 2 amide bonds. The van der Waals surface area contributed by atoms with Crippen LogP contribution in [-0.4, -0.2) is 28.7 Å². The van der Waals surface area contributed by atoms with Crippen LogP contribution in [0.5, 0.6) is 0 Å². The molecule has 14 heavy (non-hydrogen) atoms. The number of amides is 2. The number of carbonyl (C=O) groups excluding carboxylic acids is 2. The Morgan fingerprint density at radius 1 is 1.36 bits per heavy atom. The highest BCUT2D eigenvalue weighted by atomic mass is 16.2. The number of nitrogens with zero attached hydrogens (tertiary/aromatic N) is 2. The van der Waals surface area contributed by atoms with Crippen LogP contribution < -0.4 is 0 Å². The van der Waals surface area contributed by atoms with E-state index >= 15 is 0 Å². The summed E-state index contributed by atoms with van der Waals surface area (Å²) < 4.78 is 0. The number of likely N-dealkylation sites (N-methyl/N-ethyl adjacent to an activating group) is 1. The van der Waals surface area contributed by atoms with E-state index in [-0.39, 0.29) is 18.2 Å². The highest BCUT2D eigenvalue weighted by molar-refractivity contribution is 6.10. The highest BCUT2D eigenvalue weighted by Crippen LogP contribution is 2.20. The SMILES string of the molecule is Cc1cncc2c1C(=O)N(C)C(=O)C2. The van der Waals surface area contributed by atoms with Crippen LogP contribution in [0.4, 0.5) is 0 Å². The minimum atomic E-state index is -0.226.